The van der Waals surface area contributed by atoms with Crippen LogP contribution in [0.2, 0.25) is 0 Å². The van der Waals surface area contributed by atoms with Crippen LogP contribution in [-0.4, -0.2) is 37.2 Å². The highest BCUT2D eigenvalue weighted by atomic mass is 16.6. The van der Waals surface area contributed by atoms with E-state index in [9.17, 15) is 14.4 Å². The Kier molecular flexibility index (Phi) is 41.8. The number of ether oxygens (including phenoxy) is 3. The van der Waals surface area contributed by atoms with Gasteiger partial charge in [-0.3, -0.25) is 14.4 Å². The average molecular weight is 793 g/mol. The number of carbonyl (C=O) groups excluding carboxylic acids is 3. The minimum absolute atomic E-state index is 0.0649. The molecule has 0 aromatic rings. The van der Waals surface area contributed by atoms with Crippen LogP contribution in [0.3, 0.4) is 0 Å². The Hall–Kier alpha value is -1.59. The predicted molar refractivity (Wildman–Crippen MR) is 238 cm³/mol. The van der Waals surface area contributed by atoms with E-state index >= 15 is 0 Å². The summed E-state index contributed by atoms with van der Waals surface area (Å²) in [5.41, 5.74) is 0. The molecule has 2 atom stereocenters. The minimum atomic E-state index is -0.761. The lowest BCUT2D eigenvalue weighted by Gasteiger charge is -2.18. The van der Waals surface area contributed by atoms with Gasteiger partial charge in [-0.2, -0.15) is 0 Å². The van der Waals surface area contributed by atoms with Crippen LogP contribution >= 0.6 is 0 Å². The van der Waals surface area contributed by atoms with E-state index in [2.05, 4.69) is 34.6 Å². The average Bonchev–Trinajstić information content (AvgIpc) is 3.18. The molecule has 0 saturated heterocycles. The fourth-order valence-corrected chi connectivity index (χ4v) is 7.43. The van der Waals surface area contributed by atoms with Crippen molar-refractivity contribution in [3.05, 3.63) is 0 Å². The monoisotopic (exact) mass is 793 g/mol. The van der Waals surface area contributed by atoms with Crippen LogP contribution in [0.5, 0.6) is 0 Å². The van der Waals surface area contributed by atoms with Gasteiger partial charge in [0.05, 0.1) is 0 Å². The number of hydrogen-bond donors (Lipinski definition) is 0. The molecule has 0 N–H and O–H groups in total. The molecule has 0 bridgehead atoms. The van der Waals surface area contributed by atoms with E-state index in [4.69, 9.17) is 14.2 Å². The molecule has 1 unspecified atom stereocenters. The van der Waals surface area contributed by atoms with Crippen LogP contribution in [0, 0.1) is 11.8 Å². The molecule has 0 aromatic heterocycles. The molecule has 0 rings (SSSR count). The lowest BCUT2D eigenvalue weighted by molar-refractivity contribution is -0.167. The van der Waals surface area contributed by atoms with E-state index in [1.54, 1.807) is 0 Å². The summed E-state index contributed by atoms with van der Waals surface area (Å²) in [6, 6.07) is 0. The van der Waals surface area contributed by atoms with Gasteiger partial charge in [0.2, 0.25) is 0 Å². The quantitative estimate of drug-likeness (QED) is 0.0347. The maximum absolute atomic E-state index is 12.7. The third-order valence-corrected chi connectivity index (χ3v) is 11.6. The maximum atomic E-state index is 12.7. The molecule has 0 aliphatic heterocycles. The number of rotatable bonds is 44. The van der Waals surface area contributed by atoms with Crippen molar-refractivity contribution in [3.8, 4) is 0 Å². The fourth-order valence-electron chi connectivity index (χ4n) is 7.43. The Morgan fingerprint density at radius 1 is 0.375 bits per heavy atom. The smallest absolute Gasteiger partial charge is 0.306 e. The largest absolute Gasteiger partial charge is 0.462 e. The molecule has 0 saturated carbocycles. The number of unbranched alkanes of at least 4 members (excludes halogenated alkanes) is 28. The lowest BCUT2D eigenvalue weighted by Crippen LogP contribution is -2.30. The van der Waals surface area contributed by atoms with Crippen molar-refractivity contribution in [2.45, 2.75) is 278 Å². The van der Waals surface area contributed by atoms with Crippen LogP contribution in [0.1, 0.15) is 272 Å². The summed E-state index contributed by atoms with van der Waals surface area (Å²) in [7, 11) is 0. The summed E-state index contributed by atoms with van der Waals surface area (Å²) in [6.07, 6.45) is 42.3. The Labute approximate surface area is 348 Å². The molecule has 0 aromatic carbocycles. The van der Waals surface area contributed by atoms with Gasteiger partial charge in [-0.1, -0.05) is 234 Å². The third kappa shape index (κ3) is 42.0. The first kappa shape index (κ1) is 54.4. The molecule has 332 valence electrons. The van der Waals surface area contributed by atoms with Gasteiger partial charge in [0.1, 0.15) is 13.2 Å². The highest BCUT2D eigenvalue weighted by Gasteiger charge is 2.19. The van der Waals surface area contributed by atoms with Gasteiger partial charge >= 0.3 is 17.9 Å². The second kappa shape index (κ2) is 43.0. The van der Waals surface area contributed by atoms with E-state index in [0.29, 0.717) is 19.3 Å². The summed E-state index contributed by atoms with van der Waals surface area (Å²) < 4.78 is 16.8. The van der Waals surface area contributed by atoms with Crippen molar-refractivity contribution in [1.29, 1.82) is 0 Å². The van der Waals surface area contributed by atoms with Crippen molar-refractivity contribution in [1.82, 2.24) is 0 Å². The van der Waals surface area contributed by atoms with Crippen molar-refractivity contribution in [3.63, 3.8) is 0 Å². The Bertz CT molecular complexity index is 856. The first-order valence-corrected chi connectivity index (χ1v) is 24.8. The summed E-state index contributed by atoms with van der Waals surface area (Å²) in [4.78, 5) is 37.8. The third-order valence-electron chi connectivity index (χ3n) is 11.6. The normalized spacial score (nSPS) is 12.5. The highest BCUT2D eigenvalue weighted by Crippen LogP contribution is 2.17. The molecule has 0 amide bonds. The van der Waals surface area contributed by atoms with E-state index in [-0.39, 0.29) is 31.1 Å². The summed E-state index contributed by atoms with van der Waals surface area (Å²) in [5, 5.41) is 0. The molecule has 0 radical (unpaired) electrons. The van der Waals surface area contributed by atoms with Crippen molar-refractivity contribution in [2.24, 2.45) is 11.8 Å². The van der Waals surface area contributed by atoms with Gasteiger partial charge in [-0.05, 0) is 31.1 Å². The van der Waals surface area contributed by atoms with Crippen molar-refractivity contribution in [2.75, 3.05) is 13.2 Å². The van der Waals surface area contributed by atoms with Gasteiger partial charge in [0.25, 0.3) is 0 Å². The van der Waals surface area contributed by atoms with Crippen LogP contribution in [0.15, 0.2) is 0 Å². The molecule has 56 heavy (non-hydrogen) atoms. The zero-order chi connectivity index (χ0) is 41.2. The Morgan fingerprint density at radius 3 is 1.02 bits per heavy atom. The number of hydrogen-bond acceptors (Lipinski definition) is 6. The number of carbonyl (C=O) groups is 3. The van der Waals surface area contributed by atoms with Gasteiger partial charge in [0, 0.05) is 19.3 Å². The maximum Gasteiger partial charge on any atom is 0.306 e. The van der Waals surface area contributed by atoms with Crippen molar-refractivity contribution >= 4 is 17.9 Å². The molecule has 6 nitrogen and oxygen atoms in total. The Balaban J connectivity index is 4.27. The lowest BCUT2D eigenvalue weighted by atomic mass is 10.00. The van der Waals surface area contributed by atoms with Gasteiger partial charge in [-0.25, -0.2) is 0 Å². The zero-order valence-electron chi connectivity index (χ0n) is 38.3. The molecule has 0 aliphatic carbocycles. The molecule has 0 spiro atoms. The highest BCUT2D eigenvalue weighted by molar-refractivity contribution is 5.71. The molecular weight excluding hydrogens is 697 g/mol. The first-order chi connectivity index (χ1) is 27.3. The van der Waals surface area contributed by atoms with Crippen LogP contribution in [0.25, 0.3) is 0 Å². The molecule has 6 heteroatoms. The molecule has 0 heterocycles. The molecular formula is C50H96O6. The van der Waals surface area contributed by atoms with E-state index < -0.39 is 6.10 Å². The van der Waals surface area contributed by atoms with Crippen LogP contribution in [0.4, 0.5) is 0 Å². The molecule has 0 fully saturated rings. The minimum Gasteiger partial charge on any atom is -0.462 e. The van der Waals surface area contributed by atoms with E-state index in [1.807, 2.05) is 0 Å². The van der Waals surface area contributed by atoms with Gasteiger partial charge < -0.3 is 14.2 Å². The topological polar surface area (TPSA) is 78.9 Å². The molecule has 0 aliphatic rings. The van der Waals surface area contributed by atoms with E-state index in [0.717, 1.165) is 69.6 Å². The Morgan fingerprint density at radius 2 is 0.679 bits per heavy atom. The summed E-state index contributed by atoms with van der Waals surface area (Å²) >= 11 is 0. The van der Waals surface area contributed by atoms with E-state index in [1.165, 1.54) is 161 Å². The zero-order valence-corrected chi connectivity index (χ0v) is 38.3. The summed E-state index contributed by atoms with van der Waals surface area (Å²) in [5.74, 6) is 0.800. The predicted octanol–water partition coefficient (Wildman–Crippen LogP) is 15.8. The SMILES string of the molecule is CCCCCCCCCCCCCC(=O)OC[C@H](COC(=O)CCCCCCCCCCCCCCCCC(C)C)OC(=O)CCCCCCCCC(C)CC. The van der Waals surface area contributed by atoms with Crippen LogP contribution in [-0.2, 0) is 28.6 Å². The second-order valence-corrected chi connectivity index (χ2v) is 17.8. The second-order valence-electron chi connectivity index (χ2n) is 17.8. The first-order valence-electron chi connectivity index (χ1n) is 24.8. The van der Waals surface area contributed by atoms with Crippen molar-refractivity contribution < 1.29 is 28.6 Å². The van der Waals surface area contributed by atoms with Gasteiger partial charge in [-0.15, -0.1) is 0 Å². The van der Waals surface area contributed by atoms with Crippen LogP contribution < -0.4 is 0 Å². The number of esters is 3. The fraction of sp³-hybridized carbons (Fsp3) is 0.940. The summed E-state index contributed by atoms with van der Waals surface area (Å²) in [6.45, 7) is 11.3. The standard InChI is InChI=1S/C50H96O6/c1-6-8-9-10-11-12-17-21-24-30-35-40-48(51)54-43-47(56-50(53)42-37-32-27-26-29-34-39-46(5)7-2)44-55-49(52)41-36-31-25-22-19-16-14-13-15-18-20-23-28-33-38-45(3)4/h45-47H,6-44H2,1-5H3/t46?,47-/m1/s1. The van der Waals surface area contributed by atoms with Gasteiger partial charge in [0.15, 0.2) is 6.10 Å².